The van der Waals surface area contributed by atoms with Crippen molar-refractivity contribution in [2.75, 3.05) is 13.2 Å². The Morgan fingerprint density at radius 2 is 2.11 bits per heavy atom. The molecule has 0 aromatic heterocycles. The molecule has 1 N–H and O–H groups in total. The molecule has 1 saturated carbocycles. The van der Waals surface area contributed by atoms with Crippen LogP contribution in [0.2, 0.25) is 0 Å². The van der Waals surface area contributed by atoms with Gasteiger partial charge < -0.3 is 10.1 Å². The van der Waals surface area contributed by atoms with E-state index in [1.165, 1.54) is 57.9 Å². The lowest BCUT2D eigenvalue weighted by Crippen LogP contribution is -2.50. The molecule has 3 unspecified atom stereocenters. The molecule has 1 aliphatic carbocycles. The van der Waals surface area contributed by atoms with Crippen molar-refractivity contribution in [3.05, 3.63) is 0 Å². The van der Waals surface area contributed by atoms with E-state index >= 15 is 0 Å². The van der Waals surface area contributed by atoms with Crippen LogP contribution in [0.3, 0.4) is 0 Å². The van der Waals surface area contributed by atoms with E-state index in [2.05, 4.69) is 26.1 Å². The van der Waals surface area contributed by atoms with Crippen LogP contribution in [0.1, 0.15) is 72.1 Å². The van der Waals surface area contributed by atoms with Gasteiger partial charge in [-0.25, -0.2) is 0 Å². The van der Waals surface area contributed by atoms with Crippen LogP contribution >= 0.6 is 0 Å². The summed E-state index contributed by atoms with van der Waals surface area (Å²) in [4.78, 5) is 0. The Morgan fingerprint density at radius 3 is 2.68 bits per heavy atom. The molecule has 1 heterocycles. The van der Waals surface area contributed by atoms with E-state index in [-0.39, 0.29) is 0 Å². The zero-order valence-electron chi connectivity index (χ0n) is 13.2. The van der Waals surface area contributed by atoms with Crippen LogP contribution in [-0.4, -0.2) is 24.8 Å². The lowest BCUT2D eigenvalue weighted by Gasteiger charge is -2.49. The second-order valence-corrected chi connectivity index (χ2v) is 6.95. The molecule has 2 heteroatoms. The van der Waals surface area contributed by atoms with Gasteiger partial charge in [0.1, 0.15) is 0 Å². The van der Waals surface area contributed by atoms with Crippen LogP contribution in [0.15, 0.2) is 0 Å². The van der Waals surface area contributed by atoms with Crippen molar-refractivity contribution in [2.24, 2.45) is 11.8 Å². The Kier molecular flexibility index (Phi) is 5.70. The van der Waals surface area contributed by atoms with Gasteiger partial charge in [0.15, 0.2) is 0 Å². The first-order chi connectivity index (χ1) is 9.19. The fourth-order valence-electron chi connectivity index (χ4n) is 3.70. The zero-order valence-corrected chi connectivity index (χ0v) is 13.2. The highest BCUT2D eigenvalue weighted by Crippen LogP contribution is 2.45. The van der Waals surface area contributed by atoms with Crippen molar-refractivity contribution in [3.63, 3.8) is 0 Å². The monoisotopic (exact) mass is 267 g/mol. The Labute approximate surface area is 119 Å². The number of hydrogen-bond donors (Lipinski definition) is 1. The Bertz CT molecular complexity index is 262. The Balaban J connectivity index is 1.91. The molecule has 112 valence electrons. The predicted octanol–water partition coefficient (Wildman–Crippen LogP) is 4.14. The first-order valence-electron chi connectivity index (χ1n) is 8.56. The summed E-state index contributed by atoms with van der Waals surface area (Å²) in [5.74, 6) is 1.68. The summed E-state index contributed by atoms with van der Waals surface area (Å²) in [5, 5.41) is 3.83. The summed E-state index contributed by atoms with van der Waals surface area (Å²) in [6.07, 6.45) is 10.5. The second-order valence-electron chi connectivity index (χ2n) is 6.95. The molecular formula is C17H33NO. The average molecular weight is 267 g/mol. The summed E-state index contributed by atoms with van der Waals surface area (Å²) >= 11 is 0. The average Bonchev–Trinajstić information content (AvgIpc) is 2.41. The molecule has 0 bridgehead atoms. The van der Waals surface area contributed by atoms with E-state index in [1.807, 2.05) is 0 Å². The maximum atomic E-state index is 6.09. The first kappa shape index (κ1) is 15.3. The summed E-state index contributed by atoms with van der Waals surface area (Å²) in [6, 6.07) is 0.719. The molecule has 2 rings (SSSR count). The lowest BCUT2D eigenvalue weighted by molar-refractivity contribution is -0.147. The number of rotatable bonds is 7. The Hall–Kier alpha value is -0.0800. The fraction of sp³-hybridized carbons (Fsp3) is 1.00. The van der Waals surface area contributed by atoms with Crippen LogP contribution in [0.25, 0.3) is 0 Å². The van der Waals surface area contributed by atoms with Crippen molar-refractivity contribution in [1.82, 2.24) is 5.32 Å². The van der Waals surface area contributed by atoms with Gasteiger partial charge in [-0.3, -0.25) is 0 Å². The molecule has 0 aromatic rings. The topological polar surface area (TPSA) is 21.3 Å². The first-order valence-corrected chi connectivity index (χ1v) is 8.56. The number of nitrogens with one attached hydrogen (secondary N) is 1. The van der Waals surface area contributed by atoms with E-state index in [9.17, 15) is 0 Å². The summed E-state index contributed by atoms with van der Waals surface area (Å²) in [6.45, 7) is 9.16. The quantitative estimate of drug-likeness (QED) is 0.748. The molecule has 0 aromatic carbocycles. The van der Waals surface area contributed by atoms with E-state index < -0.39 is 0 Å². The van der Waals surface area contributed by atoms with Crippen molar-refractivity contribution < 1.29 is 4.74 Å². The smallest absolute Gasteiger partial charge is 0.0685 e. The van der Waals surface area contributed by atoms with E-state index in [0.717, 1.165) is 24.5 Å². The zero-order chi connectivity index (χ0) is 13.7. The normalized spacial score (nSPS) is 28.9. The van der Waals surface area contributed by atoms with Crippen LogP contribution in [0.5, 0.6) is 0 Å². The number of hydrogen-bond acceptors (Lipinski definition) is 2. The van der Waals surface area contributed by atoms with Gasteiger partial charge in [0.25, 0.3) is 0 Å². The van der Waals surface area contributed by atoms with Gasteiger partial charge >= 0.3 is 0 Å². The van der Waals surface area contributed by atoms with Gasteiger partial charge in [0, 0.05) is 12.6 Å². The Morgan fingerprint density at radius 1 is 1.32 bits per heavy atom. The maximum absolute atomic E-state index is 6.09. The number of ether oxygens (including phenoxy) is 1. The van der Waals surface area contributed by atoms with Crippen LogP contribution < -0.4 is 5.32 Å². The van der Waals surface area contributed by atoms with Crippen molar-refractivity contribution in [2.45, 2.75) is 83.8 Å². The fourth-order valence-corrected chi connectivity index (χ4v) is 3.70. The molecule has 0 radical (unpaired) electrons. The lowest BCUT2D eigenvalue weighted by atomic mass is 9.69. The minimum Gasteiger partial charge on any atom is -0.375 e. The third-order valence-electron chi connectivity index (χ3n) is 5.37. The van der Waals surface area contributed by atoms with Gasteiger partial charge in [-0.1, -0.05) is 27.2 Å². The van der Waals surface area contributed by atoms with Gasteiger partial charge in [-0.05, 0) is 63.3 Å². The van der Waals surface area contributed by atoms with Crippen molar-refractivity contribution in [1.29, 1.82) is 0 Å². The highest BCUT2D eigenvalue weighted by atomic mass is 16.5. The highest BCUT2D eigenvalue weighted by molar-refractivity contribution is 4.96. The van der Waals surface area contributed by atoms with Crippen molar-refractivity contribution >= 4 is 0 Å². The maximum Gasteiger partial charge on any atom is 0.0685 e. The van der Waals surface area contributed by atoms with Crippen LogP contribution in [-0.2, 0) is 4.74 Å². The molecule has 1 spiro atoms. The van der Waals surface area contributed by atoms with Gasteiger partial charge in [-0.2, -0.15) is 0 Å². The molecule has 3 atom stereocenters. The highest BCUT2D eigenvalue weighted by Gasteiger charge is 2.44. The van der Waals surface area contributed by atoms with E-state index in [0.29, 0.717) is 5.60 Å². The SMILES string of the molecule is CCCNC(CC(C)CC)C1CCOC2(CCC2)C1. The minimum atomic E-state index is 0.296. The molecule has 1 aliphatic heterocycles. The van der Waals surface area contributed by atoms with Gasteiger partial charge in [-0.15, -0.1) is 0 Å². The summed E-state index contributed by atoms with van der Waals surface area (Å²) < 4.78 is 6.09. The molecule has 2 fully saturated rings. The van der Waals surface area contributed by atoms with Gasteiger partial charge in [0.2, 0.25) is 0 Å². The minimum absolute atomic E-state index is 0.296. The molecule has 1 saturated heterocycles. The van der Waals surface area contributed by atoms with Gasteiger partial charge in [0.05, 0.1) is 5.60 Å². The summed E-state index contributed by atoms with van der Waals surface area (Å²) in [5.41, 5.74) is 0.296. The van der Waals surface area contributed by atoms with Crippen LogP contribution in [0, 0.1) is 11.8 Å². The van der Waals surface area contributed by atoms with E-state index in [1.54, 1.807) is 0 Å². The molecule has 2 nitrogen and oxygen atoms in total. The summed E-state index contributed by atoms with van der Waals surface area (Å²) in [7, 11) is 0. The van der Waals surface area contributed by atoms with Crippen LogP contribution in [0.4, 0.5) is 0 Å². The molecule has 2 aliphatic rings. The molecule has 19 heavy (non-hydrogen) atoms. The largest absolute Gasteiger partial charge is 0.375 e. The molecular weight excluding hydrogens is 234 g/mol. The van der Waals surface area contributed by atoms with E-state index in [4.69, 9.17) is 4.74 Å². The molecule has 0 amide bonds. The second kappa shape index (κ2) is 7.08. The predicted molar refractivity (Wildman–Crippen MR) is 81.4 cm³/mol. The third-order valence-corrected chi connectivity index (χ3v) is 5.37. The third kappa shape index (κ3) is 3.95. The van der Waals surface area contributed by atoms with Crippen molar-refractivity contribution in [3.8, 4) is 0 Å². The standard InChI is InChI=1S/C17H33NO/c1-4-10-18-16(12-14(3)5-2)15-7-11-19-17(13-15)8-6-9-17/h14-16,18H,4-13H2,1-3H3.